The molecular weight excluding hydrogens is 396 g/mol. The summed E-state index contributed by atoms with van der Waals surface area (Å²) in [5.41, 5.74) is 0.594. The van der Waals surface area contributed by atoms with E-state index in [0.29, 0.717) is 31.0 Å². The number of halogens is 1. The van der Waals surface area contributed by atoms with Gasteiger partial charge < -0.3 is 16.0 Å². The molecule has 3 N–H and O–H groups in total. The number of rotatable bonds is 5. The van der Waals surface area contributed by atoms with Gasteiger partial charge in [-0.05, 0) is 30.7 Å². The van der Waals surface area contributed by atoms with Crippen molar-refractivity contribution >= 4 is 37.6 Å². The second-order valence-electron chi connectivity index (χ2n) is 5.51. The first-order valence-corrected chi connectivity index (χ1v) is 10.2. The molecule has 132 valence electrons. The molecule has 1 aliphatic heterocycles. The highest BCUT2D eigenvalue weighted by Gasteiger charge is 2.28. The fraction of sp³-hybridized carbons (Fsp3) is 0.467. The van der Waals surface area contributed by atoms with E-state index in [2.05, 4.69) is 36.9 Å². The van der Waals surface area contributed by atoms with Crippen LogP contribution >= 0.6 is 15.9 Å². The summed E-state index contributed by atoms with van der Waals surface area (Å²) in [4.78, 5) is 16.0. The van der Waals surface area contributed by atoms with Crippen molar-refractivity contribution in [3.8, 4) is 0 Å². The second kappa shape index (κ2) is 8.48. The lowest BCUT2D eigenvalue weighted by atomic mass is 10.2. The van der Waals surface area contributed by atoms with E-state index in [0.717, 1.165) is 4.47 Å². The van der Waals surface area contributed by atoms with Gasteiger partial charge in [0.15, 0.2) is 15.8 Å². The number of aliphatic imine (C=N–C) groups is 1. The molecule has 1 atom stereocenters. The maximum Gasteiger partial charge on any atom is 0.251 e. The smallest absolute Gasteiger partial charge is 0.251 e. The van der Waals surface area contributed by atoms with Crippen LogP contribution in [0.3, 0.4) is 0 Å². The van der Waals surface area contributed by atoms with E-state index in [1.807, 2.05) is 12.1 Å². The largest absolute Gasteiger partial charge is 0.355 e. The van der Waals surface area contributed by atoms with Crippen LogP contribution in [0, 0.1) is 0 Å². The summed E-state index contributed by atoms with van der Waals surface area (Å²) in [5.74, 6) is 0.739. The molecule has 0 aromatic heterocycles. The molecule has 1 aromatic carbocycles. The fourth-order valence-corrected chi connectivity index (χ4v) is 4.29. The molecule has 24 heavy (non-hydrogen) atoms. The van der Waals surface area contributed by atoms with Crippen LogP contribution in [-0.4, -0.2) is 58.0 Å². The second-order valence-corrected chi connectivity index (χ2v) is 8.65. The zero-order chi connectivity index (χ0) is 17.6. The highest BCUT2D eigenvalue weighted by Crippen LogP contribution is 2.11. The molecule has 0 saturated carbocycles. The lowest BCUT2D eigenvalue weighted by Crippen LogP contribution is -2.46. The van der Waals surface area contributed by atoms with Gasteiger partial charge in [0.1, 0.15) is 0 Å². The van der Waals surface area contributed by atoms with E-state index in [4.69, 9.17) is 0 Å². The number of hydrogen-bond acceptors (Lipinski definition) is 4. The Morgan fingerprint density at radius 1 is 1.25 bits per heavy atom. The highest BCUT2D eigenvalue weighted by molar-refractivity contribution is 9.10. The van der Waals surface area contributed by atoms with E-state index < -0.39 is 9.84 Å². The number of nitrogens with zero attached hydrogens (tertiary/aromatic N) is 1. The summed E-state index contributed by atoms with van der Waals surface area (Å²) >= 11 is 3.33. The Balaban J connectivity index is 1.70. The Hall–Kier alpha value is -1.61. The van der Waals surface area contributed by atoms with E-state index in [-0.39, 0.29) is 23.5 Å². The van der Waals surface area contributed by atoms with E-state index >= 15 is 0 Å². The Morgan fingerprint density at radius 2 is 1.92 bits per heavy atom. The van der Waals surface area contributed by atoms with Gasteiger partial charge in [-0.25, -0.2) is 8.42 Å². The third-order valence-corrected chi connectivity index (χ3v) is 5.90. The van der Waals surface area contributed by atoms with Gasteiger partial charge in [0.05, 0.1) is 11.5 Å². The Kier molecular flexibility index (Phi) is 6.61. The number of carbonyl (C=O) groups excluding carboxylic acids is 1. The Labute approximate surface area is 150 Å². The fourth-order valence-electron chi connectivity index (χ4n) is 2.36. The molecule has 1 heterocycles. The monoisotopic (exact) mass is 416 g/mol. The van der Waals surface area contributed by atoms with Crippen molar-refractivity contribution in [2.24, 2.45) is 4.99 Å². The van der Waals surface area contributed by atoms with Gasteiger partial charge >= 0.3 is 0 Å². The minimum atomic E-state index is -2.93. The Bertz CT molecular complexity index is 704. The van der Waals surface area contributed by atoms with Crippen molar-refractivity contribution in [1.82, 2.24) is 16.0 Å². The van der Waals surface area contributed by atoms with Crippen LogP contribution in [0.2, 0.25) is 0 Å². The zero-order valence-electron chi connectivity index (χ0n) is 13.4. The third kappa shape index (κ3) is 5.79. The van der Waals surface area contributed by atoms with Gasteiger partial charge in [0, 0.05) is 36.2 Å². The van der Waals surface area contributed by atoms with Gasteiger partial charge in [0.25, 0.3) is 5.91 Å². The predicted molar refractivity (Wildman–Crippen MR) is 98.0 cm³/mol. The molecule has 0 radical (unpaired) electrons. The van der Waals surface area contributed by atoms with Gasteiger partial charge in [-0.1, -0.05) is 15.9 Å². The average Bonchev–Trinajstić information content (AvgIpc) is 2.89. The van der Waals surface area contributed by atoms with Crippen molar-refractivity contribution in [3.05, 3.63) is 34.3 Å². The lowest BCUT2D eigenvalue weighted by molar-refractivity contribution is 0.0954. The van der Waals surface area contributed by atoms with E-state index in [1.54, 1.807) is 19.2 Å². The third-order valence-electron chi connectivity index (χ3n) is 3.61. The number of guanidine groups is 1. The quantitative estimate of drug-likeness (QED) is 0.369. The van der Waals surface area contributed by atoms with Crippen molar-refractivity contribution in [1.29, 1.82) is 0 Å². The van der Waals surface area contributed by atoms with Gasteiger partial charge in [0.2, 0.25) is 0 Å². The number of hydrogen-bond donors (Lipinski definition) is 3. The maximum absolute atomic E-state index is 12.0. The molecule has 1 unspecified atom stereocenters. The normalized spacial score (nSPS) is 19.8. The highest BCUT2D eigenvalue weighted by atomic mass is 79.9. The van der Waals surface area contributed by atoms with Crippen LogP contribution in [0.4, 0.5) is 0 Å². The molecular formula is C15H21BrN4O3S. The molecule has 7 nitrogen and oxygen atoms in total. The van der Waals surface area contributed by atoms with Crippen molar-refractivity contribution in [3.63, 3.8) is 0 Å². The van der Waals surface area contributed by atoms with E-state index in [1.165, 1.54) is 0 Å². The van der Waals surface area contributed by atoms with Gasteiger partial charge in [-0.3, -0.25) is 9.79 Å². The molecule has 1 aromatic rings. The van der Waals surface area contributed by atoms with Gasteiger partial charge in [-0.2, -0.15) is 0 Å². The standard InChI is InChI=1S/C15H21BrN4O3S/c1-17-15(20-13-6-9-24(22,23)10-13)19-8-7-18-14(21)11-2-4-12(16)5-3-11/h2-5,13H,6-10H2,1H3,(H,18,21)(H2,17,19,20). The van der Waals surface area contributed by atoms with Gasteiger partial charge in [-0.15, -0.1) is 0 Å². The van der Waals surface area contributed by atoms with Crippen molar-refractivity contribution in [2.45, 2.75) is 12.5 Å². The average molecular weight is 417 g/mol. The number of carbonyl (C=O) groups is 1. The first-order chi connectivity index (χ1) is 11.4. The summed E-state index contributed by atoms with van der Waals surface area (Å²) in [6, 6.07) is 7.00. The molecule has 1 aliphatic rings. The number of nitrogens with one attached hydrogen (secondary N) is 3. The molecule has 0 bridgehead atoms. The zero-order valence-corrected chi connectivity index (χ0v) is 15.8. The first-order valence-electron chi connectivity index (χ1n) is 7.61. The molecule has 2 rings (SSSR count). The Morgan fingerprint density at radius 3 is 2.50 bits per heavy atom. The van der Waals surface area contributed by atoms with Crippen LogP contribution in [0.1, 0.15) is 16.8 Å². The van der Waals surface area contributed by atoms with Crippen LogP contribution < -0.4 is 16.0 Å². The first kappa shape index (κ1) is 18.7. The molecule has 0 aliphatic carbocycles. The summed E-state index contributed by atoms with van der Waals surface area (Å²) in [7, 11) is -1.30. The number of benzene rings is 1. The molecule has 1 fully saturated rings. The van der Waals surface area contributed by atoms with Crippen LogP contribution in [-0.2, 0) is 9.84 Å². The summed E-state index contributed by atoms with van der Waals surface area (Å²) in [6.07, 6.45) is 0.587. The van der Waals surface area contributed by atoms with Crippen LogP contribution in [0.5, 0.6) is 0 Å². The lowest BCUT2D eigenvalue weighted by Gasteiger charge is -2.16. The number of sulfone groups is 1. The molecule has 1 amide bonds. The van der Waals surface area contributed by atoms with Crippen LogP contribution in [0.25, 0.3) is 0 Å². The maximum atomic E-state index is 12.0. The summed E-state index contributed by atoms with van der Waals surface area (Å²) in [6.45, 7) is 0.917. The molecule has 1 saturated heterocycles. The molecule has 9 heteroatoms. The SMILES string of the molecule is CN=C(NCCNC(=O)c1ccc(Br)cc1)NC1CCS(=O)(=O)C1. The van der Waals surface area contributed by atoms with E-state index in [9.17, 15) is 13.2 Å². The summed E-state index contributed by atoms with van der Waals surface area (Å²) in [5, 5.41) is 8.96. The molecule has 0 spiro atoms. The number of amides is 1. The minimum Gasteiger partial charge on any atom is -0.355 e. The minimum absolute atomic E-state index is 0.112. The summed E-state index contributed by atoms with van der Waals surface area (Å²) < 4.78 is 23.8. The van der Waals surface area contributed by atoms with Crippen molar-refractivity contribution in [2.75, 3.05) is 31.6 Å². The predicted octanol–water partition coefficient (Wildman–Crippen LogP) is 0.531. The topological polar surface area (TPSA) is 99.7 Å². The van der Waals surface area contributed by atoms with Crippen LogP contribution in [0.15, 0.2) is 33.7 Å². The van der Waals surface area contributed by atoms with Crippen molar-refractivity contribution < 1.29 is 13.2 Å².